The standard InChI is InChI=1S/C16H14ClNO3/c1-18(15(19)12-7-9-14(17)10-8-12)11-21-16(20)13-5-3-2-4-6-13/h2-10H,11H2,1H3. The van der Waals surface area contributed by atoms with Crippen LogP contribution in [-0.2, 0) is 4.74 Å². The van der Waals surface area contributed by atoms with Gasteiger partial charge in [-0.2, -0.15) is 0 Å². The minimum Gasteiger partial charge on any atom is -0.441 e. The Balaban J connectivity index is 1.92. The molecule has 0 saturated carbocycles. The van der Waals surface area contributed by atoms with E-state index in [0.29, 0.717) is 16.1 Å². The number of rotatable bonds is 4. The van der Waals surface area contributed by atoms with Gasteiger partial charge in [0.25, 0.3) is 5.91 Å². The zero-order valence-corrected chi connectivity index (χ0v) is 12.2. The van der Waals surface area contributed by atoms with Crippen molar-refractivity contribution in [2.45, 2.75) is 0 Å². The van der Waals surface area contributed by atoms with E-state index in [1.54, 1.807) is 55.6 Å². The summed E-state index contributed by atoms with van der Waals surface area (Å²) in [6, 6.07) is 15.1. The van der Waals surface area contributed by atoms with Crippen molar-refractivity contribution in [2.24, 2.45) is 0 Å². The molecule has 0 saturated heterocycles. The molecule has 0 aliphatic carbocycles. The molecular weight excluding hydrogens is 290 g/mol. The van der Waals surface area contributed by atoms with Gasteiger partial charge in [-0.05, 0) is 36.4 Å². The van der Waals surface area contributed by atoms with E-state index in [1.165, 1.54) is 4.90 Å². The van der Waals surface area contributed by atoms with Gasteiger partial charge in [-0.15, -0.1) is 0 Å². The van der Waals surface area contributed by atoms with Crippen LogP contribution in [0.3, 0.4) is 0 Å². The Morgan fingerprint density at radius 2 is 1.62 bits per heavy atom. The molecule has 0 heterocycles. The number of hydrogen-bond acceptors (Lipinski definition) is 3. The molecule has 5 heteroatoms. The van der Waals surface area contributed by atoms with Crippen molar-refractivity contribution < 1.29 is 14.3 Å². The first kappa shape index (κ1) is 15.1. The van der Waals surface area contributed by atoms with Gasteiger partial charge in [-0.1, -0.05) is 29.8 Å². The van der Waals surface area contributed by atoms with E-state index in [2.05, 4.69) is 0 Å². The van der Waals surface area contributed by atoms with E-state index in [4.69, 9.17) is 16.3 Å². The topological polar surface area (TPSA) is 46.6 Å². The van der Waals surface area contributed by atoms with Crippen LogP contribution in [0.5, 0.6) is 0 Å². The molecule has 2 aromatic carbocycles. The van der Waals surface area contributed by atoms with Crippen molar-refractivity contribution in [3.8, 4) is 0 Å². The van der Waals surface area contributed by atoms with Gasteiger partial charge in [0, 0.05) is 17.6 Å². The molecule has 1 amide bonds. The number of ether oxygens (including phenoxy) is 1. The molecule has 0 N–H and O–H groups in total. The molecule has 4 nitrogen and oxygen atoms in total. The lowest BCUT2D eigenvalue weighted by atomic mass is 10.2. The summed E-state index contributed by atoms with van der Waals surface area (Å²) in [4.78, 5) is 25.2. The Kier molecular flexibility index (Phi) is 4.95. The maximum Gasteiger partial charge on any atom is 0.339 e. The Morgan fingerprint density at radius 1 is 1.00 bits per heavy atom. The van der Waals surface area contributed by atoms with Crippen LogP contribution in [0, 0.1) is 0 Å². The number of nitrogens with zero attached hydrogens (tertiary/aromatic N) is 1. The van der Waals surface area contributed by atoms with E-state index in [0.717, 1.165) is 0 Å². The van der Waals surface area contributed by atoms with Gasteiger partial charge in [-0.3, -0.25) is 4.79 Å². The van der Waals surface area contributed by atoms with Crippen molar-refractivity contribution in [1.29, 1.82) is 0 Å². The van der Waals surface area contributed by atoms with Crippen molar-refractivity contribution in [1.82, 2.24) is 4.90 Å². The van der Waals surface area contributed by atoms with Crippen LogP contribution in [0.25, 0.3) is 0 Å². The number of hydrogen-bond donors (Lipinski definition) is 0. The summed E-state index contributed by atoms with van der Waals surface area (Å²) < 4.78 is 5.10. The minimum atomic E-state index is -0.466. The highest BCUT2D eigenvalue weighted by atomic mass is 35.5. The van der Waals surface area contributed by atoms with E-state index < -0.39 is 5.97 Å². The summed E-state index contributed by atoms with van der Waals surface area (Å²) in [5.74, 6) is -0.709. The van der Waals surface area contributed by atoms with E-state index in [1.807, 2.05) is 6.07 Å². The molecule has 0 atom stereocenters. The Hall–Kier alpha value is -2.33. The van der Waals surface area contributed by atoms with Crippen LogP contribution in [0.2, 0.25) is 5.02 Å². The zero-order valence-electron chi connectivity index (χ0n) is 11.5. The Labute approximate surface area is 127 Å². The molecule has 21 heavy (non-hydrogen) atoms. The lowest BCUT2D eigenvalue weighted by Gasteiger charge is -2.17. The highest BCUT2D eigenvalue weighted by Crippen LogP contribution is 2.11. The fraction of sp³-hybridized carbons (Fsp3) is 0.125. The van der Waals surface area contributed by atoms with Crippen molar-refractivity contribution >= 4 is 23.5 Å². The van der Waals surface area contributed by atoms with Gasteiger partial charge < -0.3 is 9.64 Å². The normalized spacial score (nSPS) is 10.0. The zero-order chi connectivity index (χ0) is 15.2. The van der Waals surface area contributed by atoms with Gasteiger partial charge in [0.2, 0.25) is 0 Å². The average Bonchev–Trinajstić information content (AvgIpc) is 2.53. The SMILES string of the molecule is CN(COC(=O)c1ccccc1)C(=O)c1ccc(Cl)cc1. The van der Waals surface area contributed by atoms with Crippen molar-refractivity contribution in [2.75, 3.05) is 13.8 Å². The maximum atomic E-state index is 12.1. The second-order valence-corrected chi connectivity index (χ2v) is 4.87. The van der Waals surface area contributed by atoms with E-state index in [-0.39, 0.29) is 12.6 Å². The summed E-state index contributed by atoms with van der Waals surface area (Å²) in [6.45, 7) is -0.116. The first-order valence-electron chi connectivity index (χ1n) is 6.31. The third kappa shape index (κ3) is 4.07. The quantitative estimate of drug-likeness (QED) is 0.643. The summed E-state index contributed by atoms with van der Waals surface area (Å²) in [5.41, 5.74) is 0.933. The number of benzene rings is 2. The van der Waals surface area contributed by atoms with Gasteiger partial charge in [0.05, 0.1) is 5.56 Å². The number of carbonyl (C=O) groups excluding carboxylic acids is 2. The molecule has 0 bridgehead atoms. The minimum absolute atomic E-state index is 0.116. The fourth-order valence-corrected chi connectivity index (χ4v) is 1.81. The monoisotopic (exact) mass is 303 g/mol. The predicted molar refractivity (Wildman–Crippen MR) is 80.3 cm³/mol. The molecule has 2 aromatic rings. The third-order valence-corrected chi connectivity index (χ3v) is 3.09. The first-order valence-corrected chi connectivity index (χ1v) is 6.69. The van der Waals surface area contributed by atoms with E-state index in [9.17, 15) is 9.59 Å². The van der Waals surface area contributed by atoms with E-state index >= 15 is 0 Å². The fourth-order valence-electron chi connectivity index (χ4n) is 1.68. The lowest BCUT2D eigenvalue weighted by molar-refractivity contribution is 0.0260. The van der Waals surface area contributed by atoms with Gasteiger partial charge in [0.1, 0.15) is 0 Å². The number of halogens is 1. The van der Waals surface area contributed by atoms with Crippen LogP contribution < -0.4 is 0 Å². The average molecular weight is 304 g/mol. The molecule has 0 spiro atoms. The molecule has 0 aliphatic heterocycles. The largest absolute Gasteiger partial charge is 0.441 e. The Morgan fingerprint density at radius 3 is 2.24 bits per heavy atom. The van der Waals surface area contributed by atoms with Crippen LogP contribution in [-0.4, -0.2) is 30.6 Å². The van der Waals surface area contributed by atoms with Crippen LogP contribution in [0.1, 0.15) is 20.7 Å². The summed E-state index contributed by atoms with van der Waals surface area (Å²) in [7, 11) is 1.56. The highest BCUT2D eigenvalue weighted by Gasteiger charge is 2.14. The summed E-state index contributed by atoms with van der Waals surface area (Å²) in [6.07, 6.45) is 0. The molecule has 0 aliphatic rings. The van der Waals surface area contributed by atoms with Crippen LogP contribution in [0.15, 0.2) is 54.6 Å². The molecule has 2 rings (SSSR count). The Bertz CT molecular complexity index is 626. The number of esters is 1. The second kappa shape index (κ2) is 6.90. The number of carbonyl (C=O) groups is 2. The van der Waals surface area contributed by atoms with Crippen LogP contribution in [0.4, 0.5) is 0 Å². The lowest BCUT2D eigenvalue weighted by Crippen LogP contribution is -2.30. The van der Waals surface area contributed by atoms with Gasteiger partial charge >= 0.3 is 5.97 Å². The second-order valence-electron chi connectivity index (χ2n) is 4.44. The predicted octanol–water partition coefficient (Wildman–Crippen LogP) is 3.23. The smallest absolute Gasteiger partial charge is 0.339 e. The highest BCUT2D eigenvalue weighted by molar-refractivity contribution is 6.30. The third-order valence-electron chi connectivity index (χ3n) is 2.84. The number of amides is 1. The molecule has 108 valence electrons. The first-order chi connectivity index (χ1) is 10.1. The van der Waals surface area contributed by atoms with Gasteiger partial charge in [-0.25, -0.2) is 4.79 Å². The summed E-state index contributed by atoms with van der Waals surface area (Å²) in [5, 5.41) is 0.560. The van der Waals surface area contributed by atoms with Crippen molar-refractivity contribution in [3.05, 3.63) is 70.7 Å². The maximum absolute atomic E-state index is 12.1. The molecule has 0 fully saturated rings. The molecular formula is C16H14ClNO3. The van der Waals surface area contributed by atoms with Crippen LogP contribution >= 0.6 is 11.6 Å². The molecule has 0 radical (unpaired) electrons. The van der Waals surface area contributed by atoms with Gasteiger partial charge in [0.15, 0.2) is 6.73 Å². The van der Waals surface area contributed by atoms with Crippen molar-refractivity contribution in [3.63, 3.8) is 0 Å². The summed E-state index contributed by atoms with van der Waals surface area (Å²) >= 11 is 5.77. The molecule has 0 unspecified atom stereocenters. The molecule has 0 aromatic heterocycles.